The molecule has 1 aromatic carbocycles. The van der Waals surface area contributed by atoms with E-state index in [-0.39, 0.29) is 5.41 Å². The first kappa shape index (κ1) is 14.0. The molecule has 0 saturated heterocycles. The van der Waals surface area contributed by atoms with Crippen molar-refractivity contribution in [3.05, 3.63) is 29.8 Å². The number of ether oxygens (including phenoxy) is 1. The number of para-hydroxylation sites is 1. The van der Waals surface area contributed by atoms with Gasteiger partial charge in [-0.2, -0.15) is 0 Å². The molecule has 0 saturated carbocycles. The number of aliphatic hydroxyl groups is 1. The van der Waals surface area contributed by atoms with Crippen molar-refractivity contribution < 1.29 is 9.84 Å². The molecule has 1 rings (SSSR count). The Bertz CT molecular complexity index is 344. The lowest BCUT2D eigenvalue weighted by Gasteiger charge is -2.23. The van der Waals surface area contributed by atoms with Crippen molar-refractivity contribution in [2.75, 3.05) is 13.2 Å². The molecule has 3 heteroatoms. The third-order valence-corrected chi connectivity index (χ3v) is 2.63. The molecule has 0 aromatic heterocycles. The summed E-state index contributed by atoms with van der Waals surface area (Å²) in [6.45, 7) is 7.21. The van der Waals surface area contributed by atoms with E-state index >= 15 is 0 Å². The molecular formula is C14H23NO2. The van der Waals surface area contributed by atoms with Gasteiger partial charge in [0.05, 0.1) is 6.10 Å². The predicted octanol–water partition coefficient (Wildman–Crippen LogP) is 2.07. The van der Waals surface area contributed by atoms with Crippen molar-refractivity contribution in [1.82, 2.24) is 0 Å². The summed E-state index contributed by atoms with van der Waals surface area (Å²) in [4.78, 5) is 0. The average molecular weight is 237 g/mol. The second-order valence-corrected chi connectivity index (χ2v) is 5.29. The largest absolute Gasteiger partial charge is 0.491 e. The molecule has 17 heavy (non-hydrogen) atoms. The van der Waals surface area contributed by atoms with E-state index in [1.54, 1.807) is 0 Å². The Morgan fingerprint density at radius 1 is 1.29 bits per heavy atom. The summed E-state index contributed by atoms with van der Waals surface area (Å²) in [6, 6.07) is 7.95. The maximum absolute atomic E-state index is 9.60. The summed E-state index contributed by atoms with van der Waals surface area (Å²) in [5.41, 5.74) is 6.57. The van der Waals surface area contributed by atoms with Crippen LogP contribution in [0.3, 0.4) is 0 Å². The van der Waals surface area contributed by atoms with E-state index in [9.17, 15) is 5.11 Å². The monoisotopic (exact) mass is 237 g/mol. The van der Waals surface area contributed by atoms with Crippen LogP contribution in [0.5, 0.6) is 5.75 Å². The van der Waals surface area contributed by atoms with Gasteiger partial charge in [-0.05, 0) is 30.0 Å². The molecule has 1 aromatic rings. The van der Waals surface area contributed by atoms with Crippen LogP contribution in [0.1, 0.15) is 32.8 Å². The lowest BCUT2D eigenvalue weighted by molar-refractivity contribution is 0.101. The van der Waals surface area contributed by atoms with Crippen molar-refractivity contribution in [3.8, 4) is 5.75 Å². The second kappa shape index (κ2) is 6.03. The van der Waals surface area contributed by atoms with Crippen molar-refractivity contribution >= 4 is 0 Å². The molecule has 0 bridgehead atoms. The summed E-state index contributed by atoms with van der Waals surface area (Å²) in [6.07, 6.45) is 0.0746. The molecule has 0 spiro atoms. The Kier molecular flexibility index (Phi) is 4.97. The zero-order chi connectivity index (χ0) is 12.9. The van der Waals surface area contributed by atoms with Crippen LogP contribution in [0.2, 0.25) is 0 Å². The molecule has 1 atom stereocenters. The SMILES string of the molecule is CC(C)(C)c1ccccc1OCC(O)CCN. The molecule has 0 aliphatic carbocycles. The first-order chi connectivity index (χ1) is 7.95. The molecule has 96 valence electrons. The third kappa shape index (κ3) is 4.36. The summed E-state index contributed by atoms with van der Waals surface area (Å²) >= 11 is 0. The molecule has 3 nitrogen and oxygen atoms in total. The fourth-order valence-electron chi connectivity index (χ4n) is 1.67. The average Bonchev–Trinajstić information content (AvgIpc) is 2.26. The Hall–Kier alpha value is -1.06. The van der Waals surface area contributed by atoms with Gasteiger partial charge in [0.1, 0.15) is 12.4 Å². The summed E-state index contributed by atoms with van der Waals surface area (Å²) in [5, 5.41) is 9.60. The standard InChI is InChI=1S/C14H23NO2/c1-14(2,3)12-6-4-5-7-13(12)17-10-11(16)8-9-15/h4-7,11,16H,8-10,15H2,1-3H3. The zero-order valence-corrected chi connectivity index (χ0v) is 10.9. The van der Waals surface area contributed by atoms with Gasteiger partial charge in [-0.25, -0.2) is 0 Å². The fourth-order valence-corrected chi connectivity index (χ4v) is 1.67. The van der Waals surface area contributed by atoms with Gasteiger partial charge >= 0.3 is 0 Å². The topological polar surface area (TPSA) is 55.5 Å². The van der Waals surface area contributed by atoms with E-state index in [1.165, 1.54) is 0 Å². The van der Waals surface area contributed by atoms with Gasteiger partial charge in [-0.3, -0.25) is 0 Å². The minimum Gasteiger partial charge on any atom is -0.491 e. The first-order valence-corrected chi connectivity index (χ1v) is 6.05. The number of benzene rings is 1. The Balaban J connectivity index is 2.71. The quantitative estimate of drug-likeness (QED) is 0.824. The molecule has 0 aliphatic rings. The fraction of sp³-hybridized carbons (Fsp3) is 0.571. The van der Waals surface area contributed by atoms with Crippen LogP contribution in [0.25, 0.3) is 0 Å². The predicted molar refractivity (Wildman–Crippen MR) is 70.3 cm³/mol. The second-order valence-electron chi connectivity index (χ2n) is 5.29. The number of nitrogens with two attached hydrogens (primary N) is 1. The smallest absolute Gasteiger partial charge is 0.123 e. The van der Waals surface area contributed by atoms with E-state index in [4.69, 9.17) is 10.5 Å². The highest BCUT2D eigenvalue weighted by molar-refractivity contribution is 5.38. The Labute approximate surface area is 104 Å². The van der Waals surface area contributed by atoms with Gasteiger partial charge in [0.25, 0.3) is 0 Å². The normalized spacial score (nSPS) is 13.5. The van der Waals surface area contributed by atoms with E-state index in [0.29, 0.717) is 19.6 Å². The zero-order valence-electron chi connectivity index (χ0n) is 10.9. The van der Waals surface area contributed by atoms with Gasteiger partial charge in [-0.15, -0.1) is 0 Å². The highest BCUT2D eigenvalue weighted by Gasteiger charge is 2.18. The molecule has 0 heterocycles. The van der Waals surface area contributed by atoms with Crippen LogP contribution in [0.4, 0.5) is 0 Å². The number of aliphatic hydroxyl groups excluding tert-OH is 1. The van der Waals surface area contributed by atoms with Crippen LogP contribution in [0, 0.1) is 0 Å². The van der Waals surface area contributed by atoms with Crippen LogP contribution in [-0.4, -0.2) is 24.4 Å². The molecule has 0 radical (unpaired) electrons. The van der Waals surface area contributed by atoms with Crippen molar-refractivity contribution in [2.45, 2.75) is 38.7 Å². The Morgan fingerprint density at radius 3 is 2.53 bits per heavy atom. The van der Waals surface area contributed by atoms with E-state index in [1.807, 2.05) is 18.2 Å². The third-order valence-electron chi connectivity index (χ3n) is 2.63. The van der Waals surface area contributed by atoms with Crippen LogP contribution in [-0.2, 0) is 5.41 Å². The van der Waals surface area contributed by atoms with E-state index < -0.39 is 6.10 Å². The molecule has 0 amide bonds. The highest BCUT2D eigenvalue weighted by atomic mass is 16.5. The lowest BCUT2D eigenvalue weighted by Crippen LogP contribution is -2.22. The summed E-state index contributed by atoms with van der Waals surface area (Å²) in [7, 11) is 0. The van der Waals surface area contributed by atoms with E-state index in [2.05, 4.69) is 26.8 Å². The number of hydrogen-bond donors (Lipinski definition) is 2. The van der Waals surface area contributed by atoms with Gasteiger partial charge in [0.2, 0.25) is 0 Å². The summed E-state index contributed by atoms with van der Waals surface area (Å²) in [5.74, 6) is 0.844. The maximum atomic E-state index is 9.60. The highest BCUT2D eigenvalue weighted by Crippen LogP contribution is 2.30. The molecular weight excluding hydrogens is 214 g/mol. The van der Waals surface area contributed by atoms with Crippen molar-refractivity contribution in [3.63, 3.8) is 0 Å². The van der Waals surface area contributed by atoms with E-state index in [0.717, 1.165) is 11.3 Å². The lowest BCUT2D eigenvalue weighted by atomic mass is 9.86. The molecule has 0 aliphatic heterocycles. The van der Waals surface area contributed by atoms with Gasteiger partial charge in [0, 0.05) is 0 Å². The minimum absolute atomic E-state index is 0.0371. The van der Waals surface area contributed by atoms with Crippen molar-refractivity contribution in [1.29, 1.82) is 0 Å². The first-order valence-electron chi connectivity index (χ1n) is 6.05. The van der Waals surface area contributed by atoms with Crippen LogP contribution >= 0.6 is 0 Å². The van der Waals surface area contributed by atoms with Gasteiger partial charge in [0.15, 0.2) is 0 Å². The number of rotatable bonds is 5. The Morgan fingerprint density at radius 2 is 1.94 bits per heavy atom. The summed E-state index contributed by atoms with van der Waals surface area (Å²) < 4.78 is 5.67. The maximum Gasteiger partial charge on any atom is 0.123 e. The van der Waals surface area contributed by atoms with Gasteiger partial charge in [-0.1, -0.05) is 39.0 Å². The minimum atomic E-state index is -0.493. The van der Waals surface area contributed by atoms with Crippen LogP contribution < -0.4 is 10.5 Å². The number of hydrogen-bond acceptors (Lipinski definition) is 3. The molecule has 3 N–H and O–H groups in total. The molecule has 0 fully saturated rings. The van der Waals surface area contributed by atoms with Crippen molar-refractivity contribution in [2.24, 2.45) is 5.73 Å². The van der Waals surface area contributed by atoms with Crippen LogP contribution in [0.15, 0.2) is 24.3 Å². The molecule has 1 unspecified atom stereocenters. The van der Waals surface area contributed by atoms with Gasteiger partial charge < -0.3 is 15.6 Å².